The van der Waals surface area contributed by atoms with E-state index in [-0.39, 0.29) is 6.03 Å². The lowest BCUT2D eigenvalue weighted by Crippen LogP contribution is -2.40. The van der Waals surface area contributed by atoms with Crippen LogP contribution in [0, 0.1) is 6.92 Å². The average Bonchev–Trinajstić information content (AvgIpc) is 2.51. The highest BCUT2D eigenvalue weighted by Crippen LogP contribution is 2.26. The molecule has 0 atom stereocenters. The van der Waals surface area contributed by atoms with E-state index in [0.717, 1.165) is 30.2 Å². The van der Waals surface area contributed by atoms with Crippen molar-refractivity contribution in [1.82, 2.24) is 4.90 Å². The predicted octanol–water partition coefficient (Wildman–Crippen LogP) is 2.60. The van der Waals surface area contributed by atoms with Crippen LogP contribution in [0.3, 0.4) is 0 Å². The number of amides is 2. The van der Waals surface area contributed by atoms with Gasteiger partial charge in [-0.05, 0) is 24.6 Å². The maximum absolute atomic E-state index is 12.3. The summed E-state index contributed by atoms with van der Waals surface area (Å²) < 4.78 is 10.7. The van der Waals surface area contributed by atoms with Gasteiger partial charge in [0, 0.05) is 31.7 Å². The fourth-order valence-corrected chi connectivity index (χ4v) is 2.95. The third kappa shape index (κ3) is 4.82. The van der Waals surface area contributed by atoms with Crippen molar-refractivity contribution in [2.45, 2.75) is 6.92 Å². The maximum atomic E-state index is 12.3. The molecule has 0 radical (unpaired) electrons. The first-order valence-electron chi connectivity index (χ1n) is 7.07. The van der Waals surface area contributed by atoms with Gasteiger partial charge in [0.2, 0.25) is 0 Å². The number of carbonyl (C=O) groups excluding carboxylic acids is 1. The average molecular weight is 310 g/mol. The summed E-state index contributed by atoms with van der Waals surface area (Å²) in [6.45, 7) is 4.56. The van der Waals surface area contributed by atoms with Crippen molar-refractivity contribution in [2.24, 2.45) is 0 Å². The van der Waals surface area contributed by atoms with Crippen LogP contribution in [0.25, 0.3) is 0 Å². The van der Waals surface area contributed by atoms with Gasteiger partial charge in [0.1, 0.15) is 12.4 Å². The number of ether oxygens (including phenoxy) is 2. The van der Waals surface area contributed by atoms with Gasteiger partial charge in [-0.2, -0.15) is 11.8 Å². The van der Waals surface area contributed by atoms with E-state index in [4.69, 9.17) is 9.47 Å². The molecule has 1 heterocycles. The summed E-state index contributed by atoms with van der Waals surface area (Å²) >= 11 is 1.88. The smallest absolute Gasteiger partial charge is 0.322 e. The lowest BCUT2D eigenvalue weighted by molar-refractivity contribution is 0.146. The molecule has 1 aliphatic heterocycles. The van der Waals surface area contributed by atoms with Crippen molar-refractivity contribution >= 4 is 23.5 Å². The fraction of sp³-hybridized carbons (Fsp3) is 0.533. The number of anilines is 1. The molecule has 1 aliphatic rings. The van der Waals surface area contributed by atoms with Crippen LogP contribution in [0.4, 0.5) is 10.5 Å². The van der Waals surface area contributed by atoms with Gasteiger partial charge in [-0.25, -0.2) is 4.79 Å². The first-order valence-corrected chi connectivity index (χ1v) is 8.22. The van der Waals surface area contributed by atoms with Crippen molar-refractivity contribution in [2.75, 3.05) is 50.2 Å². The van der Waals surface area contributed by atoms with E-state index in [0.29, 0.717) is 24.7 Å². The van der Waals surface area contributed by atoms with Crippen LogP contribution in [0.2, 0.25) is 0 Å². The first kappa shape index (κ1) is 16.0. The Morgan fingerprint density at radius 1 is 1.33 bits per heavy atom. The summed E-state index contributed by atoms with van der Waals surface area (Å²) in [6.07, 6.45) is 0. The topological polar surface area (TPSA) is 50.8 Å². The van der Waals surface area contributed by atoms with E-state index in [2.05, 4.69) is 5.32 Å². The number of aryl methyl sites for hydroxylation is 1. The molecule has 0 bridgehead atoms. The second-order valence-corrected chi connectivity index (χ2v) is 6.10. The summed E-state index contributed by atoms with van der Waals surface area (Å²) in [4.78, 5) is 14.1. The monoisotopic (exact) mass is 310 g/mol. The quantitative estimate of drug-likeness (QED) is 0.849. The number of rotatable bonds is 5. The second-order valence-electron chi connectivity index (χ2n) is 4.87. The van der Waals surface area contributed by atoms with E-state index >= 15 is 0 Å². The minimum absolute atomic E-state index is 0.0595. The molecule has 0 spiro atoms. The molecule has 0 saturated carbocycles. The molecule has 5 nitrogen and oxygen atoms in total. The third-order valence-corrected chi connectivity index (χ3v) is 4.16. The SMILES string of the molecule is COCCOc1cc(C)ccc1NC(=O)N1CCSCC1. The number of benzene rings is 1. The molecule has 1 aromatic carbocycles. The van der Waals surface area contributed by atoms with Crippen molar-refractivity contribution in [1.29, 1.82) is 0 Å². The zero-order valence-corrected chi connectivity index (χ0v) is 13.4. The standard InChI is InChI=1S/C15H22N2O3S/c1-12-3-4-13(14(11-12)20-8-7-19-2)16-15(18)17-5-9-21-10-6-17/h3-4,11H,5-10H2,1-2H3,(H,16,18). The zero-order valence-electron chi connectivity index (χ0n) is 12.6. The minimum Gasteiger partial charge on any atom is -0.489 e. The Labute approximate surface area is 130 Å². The Kier molecular flexibility index (Phi) is 6.20. The maximum Gasteiger partial charge on any atom is 0.322 e. The number of nitrogens with zero attached hydrogens (tertiary/aromatic N) is 1. The summed E-state index contributed by atoms with van der Waals surface area (Å²) in [5, 5.41) is 2.95. The molecule has 1 saturated heterocycles. The van der Waals surface area contributed by atoms with Gasteiger partial charge < -0.3 is 19.7 Å². The molecule has 6 heteroatoms. The largest absolute Gasteiger partial charge is 0.489 e. The minimum atomic E-state index is -0.0595. The van der Waals surface area contributed by atoms with Gasteiger partial charge in [0.15, 0.2) is 0 Å². The number of hydrogen-bond acceptors (Lipinski definition) is 4. The Bertz CT molecular complexity index is 476. The van der Waals surface area contributed by atoms with Crippen LogP contribution in [0.5, 0.6) is 5.75 Å². The van der Waals surface area contributed by atoms with Crippen LogP contribution in [-0.4, -0.2) is 55.8 Å². The summed E-state index contributed by atoms with van der Waals surface area (Å²) in [5.41, 5.74) is 1.80. The number of urea groups is 1. The van der Waals surface area contributed by atoms with Gasteiger partial charge in [-0.15, -0.1) is 0 Å². The highest BCUT2D eigenvalue weighted by molar-refractivity contribution is 7.99. The Hall–Kier alpha value is -1.40. The number of thioether (sulfide) groups is 1. The molecule has 116 valence electrons. The molecule has 1 aromatic rings. The van der Waals surface area contributed by atoms with E-state index in [1.165, 1.54) is 0 Å². The molecule has 21 heavy (non-hydrogen) atoms. The van der Waals surface area contributed by atoms with Crippen LogP contribution in [0.1, 0.15) is 5.56 Å². The Morgan fingerprint density at radius 2 is 2.10 bits per heavy atom. The first-order chi connectivity index (χ1) is 10.2. The van der Waals surface area contributed by atoms with E-state index < -0.39 is 0 Å². The normalized spacial score (nSPS) is 14.9. The molecule has 2 rings (SSSR count). The molecule has 2 amide bonds. The Morgan fingerprint density at radius 3 is 2.81 bits per heavy atom. The highest BCUT2D eigenvalue weighted by Gasteiger charge is 2.18. The molecular formula is C15H22N2O3S. The molecule has 1 N–H and O–H groups in total. The van der Waals surface area contributed by atoms with Crippen molar-refractivity contribution in [3.8, 4) is 5.75 Å². The van der Waals surface area contributed by atoms with Crippen LogP contribution >= 0.6 is 11.8 Å². The molecule has 0 aromatic heterocycles. The molecule has 1 fully saturated rings. The number of hydrogen-bond donors (Lipinski definition) is 1. The third-order valence-electron chi connectivity index (χ3n) is 3.22. The lowest BCUT2D eigenvalue weighted by Gasteiger charge is -2.27. The highest BCUT2D eigenvalue weighted by atomic mass is 32.2. The molecule has 0 unspecified atom stereocenters. The number of methoxy groups -OCH3 is 1. The van der Waals surface area contributed by atoms with Gasteiger partial charge >= 0.3 is 6.03 Å². The zero-order chi connectivity index (χ0) is 15.1. The van der Waals surface area contributed by atoms with Crippen molar-refractivity contribution in [3.63, 3.8) is 0 Å². The van der Waals surface area contributed by atoms with Crippen LogP contribution in [0.15, 0.2) is 18.2 Å². The van der Waals surface area contributed by atoms with Crippen molar-refractivity contribution < 1.29 is 14.3 Å². The lowest BCUT2D eigenvalue weighted by atomic mass is 10.2. The van der Waals surface area contributed by atoms with Crippen LogP contribution in [-0.2, 0) is 4.74 Å². The van der Waals surface area contributed by atoms with Gasteiger partial charge in [-0.3, -0.25) is 0 Å². The summed E-state index contributed by atoms with van der Waals surface area (Å²) in [6, 6.07) is 5.71. The number of carbonyl (C=O) groups is 1. The fourth-order valence-electron chi connectivity index (χ4n) is 2.05. The number of nitrogens with one attached hydrogen (secondary N) is 1. The Balaban J connectivity index is 2.01. The van der Waals surface area contributed by atoms with Gasteiger partial charge in [-0.1, -0.05) is 6.07 Å². The summed E-state index contributed by atoms with van der Waals surface area (Å²) in [5.74, 6) is 2.68. The molecular weight excluding hydrogens is 288 g/mol. The van der Waals surface area contributed by atoms with E-state index in [1.807, 2.05) is 41.8 Å². The van der Waals surface area contributed by atoms with E-state index in [9.17, 15) is 4.79 Å². The summed E-state index contributed by atoms with van der Waals surface area (Å²) in [7, 11) is 1.64. The predicted molar refractivity (Wildman–Crippen MR) is 86.5 cm³/mol. The molecule has 0 aliphatic carbocycles. The second kappa shape index (κ2) is 8.14. The van der Waals surface area contributed by atoms with Crippen LogP contribution < -0.4 is 10.1 Å². The van der Waals surface area contributed by atoms with Gasteiger partial charge in [0.05, 0.1) is 12.3 Å². The van der Waals surface area contributed by atoms with Gasteiger partial charge in [0.25, 0.3) is 0 Å². The van der Waals surface area contributed by atoms with Crippen molar-refractivity contribution in [3.05, 3.63) is 23.8 Å². The van der Waals surface area contributed by atoms with E-state index in [1.54, 1.807) is 7.11 Å².